The van der Waals surface area contributed by atoms with Crippen LogP contribution in [0.4, 0.5) is 5.82 Å². The number of hydrogen-bond donors (Lipinski definition) is 2. The van der Waals surface area contributed by atoms with Gasteiger partial charge in [0.2, 0.25) is 0 Å². The molecule has 0 fully saturated rings. The zero-order valence-corrected chi connectivity index (χ0v) is 11.9. The molecule has 0 atom stereocenters. The second-order valence-electron chi connectivity index (χ2n) is 3.98. The first-order valence-electron chi connectivity index (χ1n) is 5.77. The van der Waals surface area contributed by atoms with Crippen molar-refractivity contribution in [3.63, 3.8) is 0 Å². The third-order valence-corrected chi connectivity index (χ3v) is 2.61. The van der Waals surface area contributed by atoms with Gasteiger partial charge in [-0.3, -0.25) is 0 Å². The van der Waals surface area contributed by atoms with Crippen LogP contribution in [-0.2, 0) is 11.3 Å². The summed E-state index contributed by atoms with van der Waals surface area (Å²) in [6.07, 6.45) is 1.79. The van der Waals surface area contributed by atoms with E-state index in [0.717, 1.165) is 11.4 Å². The molecule has 0 unspecified atom stereocenters. The third kappa shape index (κ3) is 4.85. The van der Waals surface area contributed by atoms with Crippen molar-refractivity contribution >= 4 is 23.1 Å². The summed E-state index contributed by atoms with van der Waals surface area (Å²) in [7, 11) is 5.61. The highest BCUT2D eigenvalue weighted by Crippen LogP contribution is 2.13. The highest BCUT2D eigenvalue weighted by atomic mass is 32.1. The molecule has 0 spiro atoms. The van der Waals surface area contributed by atoms with E-state index in [0.29, 0.717) is 24.8 Å². The van der Waals surface area contributed by atoms with Crippen LogP contribution in [0.15, 0.2) is 18.3 Å². The Hall–Kier alpha value is -1.40. The Balaban J connectivity index is 2.45. The van der Waals surface area contributed by atoms with Crippen molar-refractivity contribution in [2.45, 2.75) is 6.54 Å². The topological polar surface area (TPSA) is 49.4 Å². The average Bonchev–Trinajstić information content (AvgIpc) is 2.37. The molecule has 2 N–H and O–H groups in total. The lowest BCUT2D eigenvalue weighted by Crippen LogP contribution is -2.36. The molecule has 0 amide bonds. The van der Waals surface area contributed by atoms with Gasteiger partial charge in [-0.15, -0.1) is 0 Å². The summed E-state index contributed by atoms with van der Waals surface area (Å²) in [4.78, 5) is 6.32. The lowest BCUT2D eigenvalue weighted by molar-refractivity contribution is 0.204. The van der Waals surface area contributed by atoms with Crippen molar-refractivity contribution in [3.8, 4) is 0 Å². The summed E-state index contributed by atoms with van der Waals surface area (Å²) in [5.41, 5.74) is 1.11. The van der Waals surface area contributed by atoms with Crippen molar-refractivity contribution in [1.29, 1.82) is 0 Å². The van der Waals surface area contributed by atoms with Gasteiger partial charge in [0.1, 0.15) is 5.82 Å². The van der Waals surface area contributed by atoms with E-state index in [-0.39, 0.29) is 0 Å². The summed E-state index contributed by atoms with van der Waals surface area (Å²) in [5.74, 6) is 0.949. The first kappa shape index (κ1) is 14.7. The van der Waals surface area contributed by atoms with Gasteiger partial charge in [0, 0.05) is 46.1 Å². The highest BCUT2D eigenvalue weighted by Gasteiger charge is 2.05. The van der Waals surface area contributed by atoms with E-state index < -0.39 is 0 Å². The molecule has 1 heterocycles. The Labute approximate surface area is 114 Å². The van der Waals surface area contributed by atoms with Gasteiger partial charge in [-0.05, 0) is 18.3 Å². The highest BCUT2D eigenvalue weighted by molar-refractivity contribution is 7.80. The molecule has 1 rings (SSSR count). The fourth-order valence-corrected chi connectivity index (χ4v) is 1.65. The molecule has 0 aliphatic heterocycles. The van der Waals surface area contributed by atoms with E-state index in [1.807, 2.05) is 31.1 Å². The van der Waals surface area contributed by atoms with E-state index in [1.54, 1.807) is 13.3 Å². The Morgan fingerprint density at radius 2 is 2.22 bits per heavy atom. The van der Waals surface area contributed by atoms with Gasteiger partial charge in [-0.25, -0.2) is 4.98 Å². The maximum absolute atomic E-state index is 5.16. The summed E-state index contributed by atoms with van der Waals surface area (Å²) in [6, 6.07) is 3.96. The van der Waals surface area contributed by atoms with Crippen LogP contribution >= 0.6 is 12.2 Å². The van der Waals surface area contributed by atoms with E-state index in [9.17, 15) is 0 Å². The maximum Gasteiger partial charge on any atom is 0.166 e. The van der Waals surface area contributed by atoms with E-state index in [4.69, 9.17) is 17.0 Å². The summed E-state index contributed by atoms with van der Waals surface area (Å²) in [5, 5.41) is 6.84. The van der Waals surface area contributed by atoms with Gasteiger partial charge in [0.25, 0.3) is 0 Å². The number of nitrogens with one attached hydrogen (secondary N) is 2. The molecule has 0 aromatic carbocycles. The van der Waals surface area contributed by atoms with E-state index in [1.165, 1.54) is 0 Å². The monoisotopic (exact) mass is 268 g/mol. The Kier molecular flexibility index (Phi) is 6.38. The molecule has 0 aliphatic rings. The zero-order chi connectivity index (χ0) is 13.4. The molecule has 0 radical (unpaired) electrons. The van der Waals surface area contributed by atoms with Gasteiger partial charge < -0.3 is 20.3 Å². The number of anilines is 1. The SMILES string of the molecule is COCCNC(=S)NCc1cccnc1N(C)C. The first-order valence-corrected chi connectivity index (χ1v) is 6.18. The molecule has 100 valence electrons. The van der Waals surface area contributed by atoms with Gasteiger partial charge in [-0.1, -0.05) is 6.07 Å². The fourth-order valence-electron chi connectivity index (χ4n) is 1.48. The third-order valence-electron chi connectivity index (χ3n) is 2.32. The van der Waals surface area contributed by atoms with Crippen LogP contribution in [0.5, 0.6) is 0 Å². The van der Waals surface area contributed by atoms with Crippen LogP contribution in [0.2, 0.25) is 0 Å². The predicted molar refractivity (Wildman–Crippen MR) is 77.9 cm³/mol. The molecular weight excluding hydrogens is 248 g/mol. The Bertz CT molecular complexity index is 384. The van der Waals surface area contributed by atoms with E-state index >= 15 is 0 Å². The number of hydrogen-bond acceptors (Lipinski definition) is 4. The van der Waals surface area contributed by atoms with E-state index in [2.05, 4.69) is 15.6 Å². The largest absolute Gasteiger partial charge is 0.383 e. The number of aromatic nitrogens is 1. The molecular formula is C12H20N4OS. The number of methoxy groups -OCH3 is 1. The second kappa shape index (κ2) is 7.84. The molecule has 6 heteroatoms. The summed E-state index contributed by atoms with van der Waals surface area (Å²) < 4.78 is 4.94. The predicted octanol–water partition coefficient (Wildman–Crippen LogP) is 0.758. The minimum atomic E-state index is 0.626. The van der Waals surface area contributed by atoms with Crippen LogP contribution in [0.25, 0.3) is 0 Å². The average molecular weight is 268 g/mol. The van der Waals surface area contributed by atoms with Gasteiger partial charge in [0.15, 0.2) is 5.11 Å². The number of rotatable bonds is 6. The molecule has 18 heavy (non-hydrogen) atoms. The van der Waals surface area contributed by atoms with Crippen LogP contribution in [0.1, 0.15) is 5.56 Å². The Morgan fingerprint density at radius 3 is 2.89 bits per heavy atom. The quantitative estimate of drug-likeness (QED) is 0.587. The number of nitrogens with zero attached hydrogens (tertiary/aromatic N) is 2. The van der Waals surface area contributed by atoms with Gasteiger partial charge in [0.05, 0.1) is 6.61 Å². The second-order valence-corrected chi connectivity index (χ2v) is 4.39. The summed E-state index contributed by atoms with van der Waals surface area (Å²) >= 11 is 5.16. The number of ether oxygens (including phenoxy) is 1. The lowest BCUT2D eigenvalue weighted by Gasteiger charge is -2.17. The first-order chi connectivity index (χ1) is 8.65. The molecule has 5 nitrogen and oxygen atoms in total. The molecule has 0 bridgehead atoms. The minimum absolute atomic E-state index is 0.626. The van der Waals surface area contributed by atoms with Crippen LogP contribution in [-0.4, -0.2) is 44.5 Å². The molecule has 0 saturated heterocycles. The van der Waals surface area contributed by atoms with Crippen LogP contribution in [0, 0.1) is 0 Å². The van der Waals surface area contributed by atoms with Gasteiger partial charge >= 0.3 is 0 Å². The Morgan fingerprint density at radius 1 is 1.44 bits per heavy atom. The smallest absolute Gasteiger partial charge is 0.166 e. The van der Waals surface area contributed by atoms with Gasteiger partial charge in [-0.2, -0.15) is 0 Å². The number of pyridine rings is 1. The molecule has 0 saturated carbocycles. The van der Waals surface area contributed by atoms with Crippen molar-refractivity contribution in [3.05, 3.63) is 23.9 Å². The lowest BCUT2D eigenvalue weighted by atomic mass is 10.2. The van der Waals surface area contributed by atoms with Crippen LogP contribution < -0.4 is 15.5 Å². The summed E-state index contributed by atoms with van der Waals surface area (Å²) in [6.45, 7) is 1.99. The number of thiocarbonyl (C=S) groups is 1. The van der Waals surface area contributed by atoms with Crippen molar-refractivity contribution in [1.82, 2.24) is 15.6 Å². The van der Waals surface area contributed by atoms with Crippen LogP contribution in [0.3, 0.4) is 0 Å². The zero-order valence-electron chi connectivity index (χ0n) is 11.1. The fraction of sp³-hybridized carbons (Fsp3) is 0.500. The van der Waals surface area contributed by atoms with Crippen molar-refractivity contribution in [2.24, 2.45) is 0 Å². The normalized spacial score (nSPS) is 9.94. The standard InChI is InChI=1S/C12H20N4OS/c1-16(2)11-10(5-4-6-13-11)9-15-12(18)14-7-8-17-3/h4-6H,7-9H2,1-3H3,(H2,14,15,18). The molecule has 0 aliphatic carbocycles. The van der Waals surface area contributed by atoms with Crippen molar-refractivity contribution < 1.29 is 4.74 Å². The van der Waals surface area contributed by atoms with Crippen molar-refractivity contribution in [2.75, 3.05) is 39.3 Å². The minimum Gasteiger partial charge on any atom is -0.383 e. The molecule has 1 aromatic rings. The molecule has 1 aromatic heterocycles. The maximum atomic E-state index is 5.16.